The minimum absolute atomic E-state index is 0.0715. The van der Waals surface area contributed by atoms with Crippen LogP contribution in [0.3, 0.4) is 0 Å². The largest absolute Gasteiger partial charge is 0.378 e. The van der Waals surface area contributed by atoms with Crippen molar-refractivity contribution in [2.75, 3.05) is 18.5 Å². The molecular formula is C54H42N6. The Labute approximate surface area is 349 Å². The summed E-state index contributed by atoms with van der Waals surface area (Å²) >= 11 is 0. The lowest BCUT2D eigenvalue weighted by Crippen LogP contribution is -2.24. The summed E-state index contributed by atoms with van der Waals surface area (Å²) in [7, 11) is 2.17. The zero-order valence-corrected chi connectivity index (χ0v) is 33.2. The second-order valence-electron chi connectivity index (χ2n) is 15.6. The van der Waals surface area contributed by atoms with Gasteiger partial charge in [0.25, 0.3) is 0 Å². The normalized spacial score (nSPS) is 16.9. The molecule has 2 unspecified atom stereocenters. The van der Waals surface area contributed by atoms with Gasteiger partial charge in [0.2, 0.25) is 0 Å². The van der Waals surface area contributed by atoms with Gasteiger partial charge in [0.05, 0.1) is 22.4 Å². The summed E-state index contributed by atoms with van der Waals surface area (Å²) in [5.41, 5.74) is 15.6. The number of aliphatic imine (C=N–C) groups is 1. The lowest BCUT2D eigenvalue weighted by Gasteiger charge is -2.26. The van der Waals surface area contributed by atoms with E-state index in [1.807, 2.05) is 18.3 Å². The molecule has 4 heterocycles. The van der Waals surface area contributed by atoms with E-state index < -0.39 is 0 Å². The average Bonchev–Trinajstić information content (AvgIpc) is 3.74. The number of nitrogens with zero attached hydrogens (tertiary/aromatic N) is 4. The number of fused-ring (bicyclic) bond motifs is 6. The van der Waals surface area contributed by atoms with E-state index in [-0.39, 0.29) is 12.2 Å². The van der Waals surface area contributed by atoms with Gasteiger partial charge in [-0.15, -0.1) is 0 Å². The number of benzene rings is 7. The Balaban J connectivity index is 0.940. The molecule has 0 bridgehead atoms. The van der Waals surface area contributed by atoms with E-state index in [0.29, 0.717) is 0 Å². The molecule has 6 heteroatoms. The molecule has 3 aliphatic heterocycles. The fourth-order valence-corrected chi connectivity index (χ4v) is 8.85. The van der Waals surface area contributed by atoms with Crippen molar-refractivity contribution < 1.29 is 0 Å². The summed E-state index contributed by atoms with van der Waals surface area (Å²) in [4.78, 5) is 13.0. The van der Waals surface area contributed by atoms with Gasteiger partial charge in [0.15, 0.2) is 0 Å². The number of hydrogen-bond acceptors (Lipinski definition) is 5. The summed E-state index contributed by atoms with van der Waals surface area (Å²) in [6.07, 6.45) is 14.7. The summed E-state index contributed by atoms with van der Waals surface area (Å²) in [5.74, 6) is 0.958. The first kappa shape index (κ1) is 35.5. The van der Waals surface area contributed by atoms with Crippen LogP contribution in [-0.4, -0.2) is 28.9 Å². The zero-order chi connectivity index (χ0) is 40.0. The van der Waals surface area contributed by atoms with Crippen LogP contribution in [0.1, 0.15) is 40.3 Å². The van der Waals surface area contributed by atoms with Crippen molar-refractivity contribution in [3.63, 3.8) is 0 Å². The first-order valence-electron chi connectivity index (χ1n) is 20.6. The van der Waals surface area contributed by atoms with Crippen LogP contribution in [0, 0.1) is 0 Å². The van der Waals surface area contributed by atoms with E-state index in [9.17, 15) is 0 Å². The van der Waals surface area contributed by atoms with Crippen LogP contribution in [0.4, 0.5) is 5.69 Å². The number of aromatic nitrogens is 2. The molecule has 2 N–H and O–H groups in total. The quantitative estimate of drug-likeness (QED) is 0.169. The van der Waals surface area contributed by atoms with Crippen molar-refractivity contribution in [1.82, 2.24) is 20.2 Å². The van der Waals surface area contributed by atoms with Gasteiger partial charge in [-0.3, -0.25) is 9.56 Å². The van der Waals surface area contributed by atoms with Gasteiger partial charge < -0.3 is 15.5 Å². The average molecular weight is 775 g/mol. The first-order valence-corrected chi connectivity index (χ1v) is 20.6. The predicted octanol–water partition coefficient (Wildman–Crippen LogP) is 11.8. The molecule has 0 aliphatic carbocycles. The lowest BCUT2D eigenvalue weighted by atomic mass is 9.97. The van der Waals surface area contributed by atoms with Gasteiger partial charge in [-0.05, 0) is 69.4 Å². The third kappa shape index (κ3) is 6.30. The minimum Gasteiger partial charge on any atom is -0.378 e. The Hall–Kier alpha value is -7.70. The van der Waals surface area contributed by atoms with E-state index in [1.54, 1.807) is 0 Å². The number of hydrogen-bond donors (Lipinski definition) is 2. The maximum absolute atomic E-state index is 5.43. The summed E-state index contributed by atoms with van der Waals surface area (Å²) in [6, 6.07) is 56.1. The van der Waals surface area contributed by atoms with Gasteiger partial charge in [-0.2, -0.15) is 0 Å². The minimum atomic E-state index is -0.207. The maximum atomic E-state index is 5.43. The Kier molecular flexibility index (Phi) is 8.81. The number of likely N-dealkylation sites (N-methyl/N-ethyl adjacent to an activating group) is 1. The molecule has 0 spiro atoms. The SMILES string of the molecule is CN1CC=Cc2c1c1ccccc1c1c2nc(C2C=CC=CN2)n1-c1ccc(-c2ccc(C3=CC(c4ccc(-c5ccccc5)cc4)=NC(c4ccccc4)N3)cc2)cc1. The van der Waals surface area contributed by atoms with E-state index in [1.165, 1.54) is 33.2 Å². The number of dihydropyridines is 1. The van der Waals surface area contributed by atoms with Gasteiger partial charge in [-0.25, -0.2) is 4.98 Å². The van der Waals surface area contributed by atoms with E-state index in [2.05, 4.69) is 209 Å². The van der Waals surface area contributed by atoms with E-state index >= 15 is 0 Å². The number of imidazole rings is 1. The molecule has 0 radical (unpaired) electrons. The lowest BCUT2D eigenvalue weighted by molar-refractivity contribution is 0.664. The highest BCUT2D eigenvalue weighted by Gasteiger charge is 2.27. The van der Waals surface area contributed by atoms with E-state index in [0.717, 1.165) is 68.3 Å². The molecule has 0 saturated heterocycles. The Bertz CT molecular complexity index is 3040. The summed E-state index contributed by atoms with van der Waals surface area (Å²) < 4.78 is 2.35. The highest BCUT2D eigenvalue weighted by molar-refractivity contribution is 6.16. The van der Waals surface area contributed by atoms with Gasteiger partial charge in [0, 0.05) is 41.3 Å². The molecule has 288 valence electrons. The standard InChI is InChI=1S/C54H42N6/c1-59-34-12-19-46-50-52(45-18-9-8-17-44(45)51(46)59)60(54(58-50)47-20-10-11-33-55-47)43-31-29-39(30-32-43)38-23-27-41(28-24-38)49-35-48(56-53(57-49)42-15-6-3-7-16-42)40-25-21-37(22-26-40)36-13-4-2-5-14-36/h2-33,35,47,53,55,57H,34H2,1H3. The molecule has 8 aromatic rings. The molecule has 2 atom stereocenters. The van der Waals surface area contributed by atoms with E-state index in [4.69, 9.17) is 9.98 Å². The Morgan fingerprint density at radius 3 is 1.93 bits per heavy atom. The van der Waals surface area contributed by atoms with Gasteiger partial charge in [0.1, 0.15) is 18.0 Å². The van der Waals surface area contributed by atoms with Crippen LogP contribution < -0.4 is 15.5 Å². The number of anilines is 1. The molecule has 0 saturated carbocycles. The van der Waals surface area contributed by atoms with Crippen LogP contribution in [0.5, 0.6) is 0 Å². The molecule has 3 aliphatic rings. The van der Waals surface area contributed by atoms with Crippen molar-refractivity contribution in [3.8, 4) is 27.9 Å². The van der Waals surface area contributed by atoms with Crippen molar-refractivity contribution >= 4 is 45.0 Å². The van der Waals surface area contributed by atoms with Crippen LogP contribution >= 0.6 is 0 Å². The fraction of sp³-hybridized carbons (Fsp3) is 0.0741. The molecule has 1 aromatic heterocycles. The molecular weight excluding hydrogens is 733 g/mol. The van der Waals surface area contributed by atoms with Crippen LogP contribution in [-0.2, 0) is 0 Å². The van der Waals surface area contributed by atoms with Gasteiger partial charge in [-0.1, -0.05) is 170 Å². The smallest absolute Gasteiger partial charge is 0.145 e. The molecule has 6 nitrogen and oxygen atoms in total. The highest BCUT2D eigenvalue weighted by Crippen LogP contribution is 2.43. The number of rotatable bonds is 7. The van der Waals surface area contributed by atoms with Crippen LogP contribution in [0.25, 0.3) is 61.5 Å². The van der Waals surface area contributed by atoms with Gasteiger partial charge >= 0.3 is 0 Å². The van der Waals surface area contributed by atoms with Crippen molar-refractivity contribution in [2.45, 2.75) is 12.2 Å². The topological polar surface area (TPSA) is 57.5 Å². The highest BCUT2D eigenvalue weighted by atomic mass is 15.1. The Morgan fingerprint density at radius 2 is 1.23 bits per heavy atom. The van der Waals surface area contributed by atoms with Crippen LogP contribution in [0.2, 0.25) is 0 Å². The molecule has 60 heavy (non-hydrogen) atoms. The molecule has 0 fully saturated rings. The number of nitrogens with one attached hydrogen (secondary N) is 2. The number of allylic oxidation sites excluding steroid dienone is 3. The third-order valence-electron chi connectivity index (χ3n) is 11.9. The molecule has 7 aromatic carbocycles. The van der Waals surface area contributed by atoms with Crippen molar-refractivity contribution in [3.05, 3.63) is 222 Å². The summed E-state index contributed by atoms with van der Waals surface area (Å²) in [5, 5.41) is 9.71. The first-order chi connectivity index (χ1) is 29.7. The second-order valence-corrected chi connectivity index (χ2v) is 15.6. The second kappa shape index (κ2) is 14.9. The fourth-order valence-electron chi connectivity index (χ4n) is 8.85. The Morgan fingerprint density at radius 1 is 0.617 bits per heavy atom. The third-order valence-corrected chi connectivity index (χ3v) is 11.9. The van der Waals surface area contributed by atoms with Crippen molar-refractivity contribution in [1.29, 1.82) is 0 Å². The monoisotopic (exact) mass is 774 g/mol. The molecule has 11 rings (SSSR count). The predicted molar refractivity (Wildman–Crippen MR) is 249 cm³/mol. The zero-order valence-electron chi connectivity index (χ0n) is 33.2. The summed E-state index contributed by atoms with van der Waals surface area (Å²) in [6.45, 7) is 0.873. The maximum Gasteiger partial charge on any atom is 0.145 e. The molecule has 0 amide bonds. The van der Waals surface area contributed by atoms with Crippen molar-refractivity contribution in [2.24, 2.45) is 4.99 Å². The van der Waals surface area contributed by atoms with Crippen LogP contribution in [0.15, 0.2) is 199 Å².